The lowest BCUT2D eigenvalue weighted by atomic mass is 10.2. The molecule has 7 heteroatoms. The van der Waals surface area contributed by atoms with Gasteiger partial charge in [-0.25, -0.2) is 0 Å². The van der Waals surface area contributed by atoms with Crippen LogP contribution in [-0.4, -0.2) is 23.7 Å². The van der Waals surface area contributed by atoms with Gasteiger partial charge in [-0.2, -0.15) is 0 Å². The number of aliphatic hydroxyl groups excluding tert-OH is 1. The van der Waals surface area contributed by atoms with Gasteiger partial charge in [0, 0.05) is 22.9 Å². The largest absolute Gasteiger partial charge is 0.459 e. The van der Waals surface area contributed by atoms with Crippen molar-refractivity contribution < 1.29 is 14.3 Å². The molecule has 1 amide bonds. The van der Waals surface area contributed by atoms with Crippen molar-refractivity contribution in [2.45, 2.75) is 19.5 Å². The third-order valence-corrected chi connectivity index (χ3v) is 4.87. The van der Waals surface area contributed by atoms with E-state index in [0.717, 1.165) is 17.0 Å². The molecule has 1 aromatic heterocycles. The average Bonchev–Trinajstić information content (AvgIpc) is 3.17. The third kappa shape index (κ3) is 5.07. The van der Waals surface area contributed by atoms with E-state index in [-0.39, 0.29) is 18.6 Å². The van der Waals surface area contributed by atoms with E-state index in [9.17, 15) is 4.79 Å². The van der Waals surface area contributed by atoms with Crippen LogP contribution in [0.1, 0.15) is 23.0 Å². The maximum absolute atomic E-state index is 12.0. The number of hydrogen-bond acceptors (Lipinski definition) is 4. The quantitative estimate of drug-likeness (QED) is 0.505. The minimum Gasteiger partial charge on any atom is -0.459 e. The number of rotatable bonds is 7. The number of nitrogens with one attached hydrogen (secondary N) is 2. The Bertz CT molecular complexity index is 955. The molecule has 0 fully saturated rings. The first-order valence-corrected chi connectivity index (χ1v) is 9.51. The summed E-state index contributed by atoms with van der Waals surface area (Å²) in [6, 6.07) is 15.9. The Kier molecular flexibility index (Phi) is 6.62. The summed E-state index contributed by atoms with van der Waals surface area (Å²) in [4.78, 5) is 12.0. The maximum Gasteiger partial charge on any atom is 0.251 e. The molecule has 0 radical (unpaired) electrons. The van der Waals surface area contributed by atoms with E-state index in [4.69, 9.17) is 32.7 Å². The van der Waals surface area contributed by atoms with Crippen LogP contribution in [0.5, 0.6) is 0 Å². The highest BCUT2D eigenvalue weighted by atomic mass is 35.5. The number of furan rings is 1. The van der Waals surface area contributed by atoms with Gasteiger partial charge < -0.3 is 20.2 Å². The zero-order valence-electron chi connectivity index (χ0n) is 15.2. The van der Waals surface area contributed by atoms with Gasteiger partial charge in [-0.15, -0.1) is 0 Å². The molecule has 0 bridgehead atoms. The van der Waals surface area contributed by atoms with Crippen LogP contribution in [0.4, 0.5) is 5.69 Å². The Balaban J connectivity index is 1.59. The van der Waals surface area contributed by atoms with E-state index >= 15 is 0 Å². The first-order valence-electron chi connectivity index (χ1n) is 8.76. The molecule has 0 spiro atoms. The van der Waals surface area contributed by atoms with E-state index in [1.165, 1.54) is 0 Å². The molecule has 0 aliphatic heterocycles. The number of carbonyl (C=O) groups is 1. The molecule has 5 nitrogen and oxygen atoms in total. The molecule has 3 N–H and O–H groups in total. The summed E-state index contributed by atoms with van der Waals surface area (Å²) in [7, 11) is 0. The fourth-order valence-electron chi connectivity index (χ4n) is 2.56. The Morgan fingerprint density at radius 3 is 2.50 bits per heavy atom. The van der Waals surface area contributed by atoms with Gasteiger partial charge in [-0.05, 0) is 61.5 Å². The second-order valence-electron chi connectivity index (χ2n) is 6.38. The molecule has 28 heavy (non-hydrogen) atoms. The Morgan fingerprint density at radius 1 is 1.07 bits per heavy atom. The van der Waals surface area contributed by atoms with Gasteiger partial charge in [0.1, 0.15) is 11.5 Å². The number of anilines is 1. The lowest BCUT2D eigenvalue weighted by molar-refractivity contribution is 0.0922. The van der Waals surface area contributed by atoms with Gasteiger partial charge in [0.25, 0.3) is 5.91 Å². The Hall–Kier alpha value is -2.47. The number of halogens is 2. The third-order valence-electron chi connectivity index (χ3n) is 4.13. The van der Waals surface area contributed by atoms with E-state index in [1.54, 1.807) is 31.2 Å². The summed E-state index contributed by atoms with van der Waals surface area (Å²) in [5, 5.41) is 15.9. The predicted molar refractivity (Wildman–Crippen MR) is 112 cm³/mol. The molecule has 0 unspecified atom stereocenters. The molecular weight excluding hydrogens is 399 g/mol. The van der Waals surface area contributed by atoms with Crippen LogP contribution in [0, 0.1) is 0 Å². The van der Waals surface area contributed by atoms with Crippen LogP contribution in [0.15, 0.2) is 59.0 Å². The molecular formula is C21H20Cl2N2O3. The van der Waals surface area contributed by atoms with E-state index in [1.807, 2.05) is 30.3 Å². The summed E-state index contributed by atoms with van der Waals surface area (Å²) in [5.74, 6) is 1.26. The second-order valence-corrected chi connectivity index (χ2v) is 7.20. The fraction of sp³-hybridized carbons (Fsp3) is 0.190. The summed E-state index contributed by atoms with van der Waals surface area (Å²) < 4.78 is 5.85. The molecule has 3 rings (SSSR count). The number of benzene rings is 2. The highest BCUT2D eigenvalue weighted by molar-refractivity contribution is 6.42. The first-order chi connectivity index (χ1) is 13.5. The first kappa shape index (κ1) is 20.3. The lowest BCUT2D eigenvalue weighted by Crippen LogP contribution is -2.34. The van der Waals surface area contributed by atoms with Crippen molar-refractivity contribution in [2.24, 2.45) is 0 Å². The monoisotopic (exact) mass is 418 g/mol. The zero-order valence-corrected chi connectivity index (χ0v) is 16.7. The fourth-order valence-corrected chi connectivity index (χ4v) is 2.86. The number of carbonyl (C=O) groups excluding carboxylic acids is 1. The lowest BCUT2D eigenvalue weighted by Gasteiger charge is -2.11. The van der Waals surface area contributed by atoms with Crippen molar-refractivity contribution in [3.05, 3.63) is 76.0 Å². The molecule has 146 valence electrons. The van der Waals surface area contributed by atoms with E-state index in [2.05, 4.69) is 10.6 Å². The predicted octanol–water partition coefficient (Wildman–Crippen LogP) is 4.98. The van der Waals surface area contributed by atoms with Crippen LogP contribution >= 0.6 is 23.2 Å². The molecule has 0 saturated carbocycles. The number of aliphatic hydroxyl groups is 1. The summed E-state index contributed by atoms with van der Waals surface area (Å²) in [6.45, 7) is 2.14. The van der Waals surface area contributed by atoms with Crippen LogP contribution in [-0.2, 0) is 6.54 Å². The Morgan fingerprint density at radius 2 is 1.82 bits per heavy atom. The van der Waals surface area contributed by atoms with Gasteiger partial charge in [-0.1, -0.05) is 23.2 Å². The molecule has 1 atom stereocenters. The molecule has 2 aromatic carbocycles. The van der Waals surface area contributed by atoms with Crippen molar-refractivity contribution in [1.82, 2.24) is 5.32 Å². The van der Waals surface area contributed by atoms with Crippen molar-refractivity contribution in [3.63, 3.8) is 0 Å². The average molecular weight is 419 g/mol. The van der Waals surface area contributed by atoms with Crippen molar-refractivity contribution >= 4 is 34.8 Å². The number of hydrogen-bond donors (Lipinski definition) is 3. The van der Waals surface area contributed by atoms with Crippen LogP contribution < -0.4 is 10.6 Å². The summed E-state index contributed by atoms with van der Waals surface area (Å²) >= 11 is 12.0. The van der Waals surface area contributed by atoms with E-state index in [0.29, 0.717) is 27.9 Å². The standard InChI is InChI=1S/C21H20Cl2N2O3/c1-13(12-26)25-21(27)14-2-5-16(6-3-14)24-11-17-7-9-20(28-17)15-4-8-18(22)19(23)10-15/h2-10,13,24,26H,11-12H2,1H3,(H,25,27)/t13-/m0/s1. The summed E-state index contributed by atoms with van der Waals surface area (Å²) in [6.07, 6.45) is 0. The topological polar surface area (TPSA) is 74.5 Å². The normalized spacial score (nSPS) is 11.9. The summed E-state index contributed by atoms with van der Waals surface area (Å²) in [5.41, 5.74) is 2.25. The van der Waals surface area contributed by atoms with Crippen LogP contribution in [0.2, 0.25) is 10.0 Å². The number of amides is 1. The zero-order chi connectivity index (χ0) is 20.1. The van der Waals surface area contributed by atoms with Gasteiger partial charge in [0.05, 0.1) is 23.2 Å². The van der Waals surface area contributed by atoms with Gasteiger partial charge in [-0.3, -0.25) is 4.79 Å². The Labute approximate surface area is 173 Å². The van der Waals surface area contributed by atoms with Crippen LogP contribution in [0.25, 0.3) is 11.3 Å². The minimum atomic E-state index is -0.283. The molecule has 1 heterocycles. The smallest absolute Gasteiger partial charge is 0.251 e. The maximum atomic E-state index is 12.0. The van der Waals surface area contributed by atoms with Crippen molar-refractivity contribution in [3.8, 4) is 11.3 Å². The van der Waals surface area contributed by atoms with Gasteiger partial charge in [0.15, 0.2) is 0 Å². The van der Waals surface area contributed by atoms with Crippen LogP contribution in [0.3, 0.4) is 0 Å². The van der Waals surface area contributed by atoms with Crippen molar-refractivity contribution in [2.75, 3.05) is 11.9 Å². The highest BCUT2D eigenvalue weighted by Gasteiger charge is 2.10. The molecule has 0 saturated heterocycles. The van der Waals surface area contributed by atoms with Crippen molar-refractivity contribution in [1.29, 1.82) is 0 Å². The highest BCUT2D eigenvalue weighted by Crippen LogP contribution is 2.29. The SMILES string of the molecule is C[C@@H](CO)NC(=O)c1ccc(NCc2ccc(-c3ccc(Cl)c(Cl)c3)o2)cc1. The minimum absolute atomic E-state index is 0.0985. The molecule has 3 aromatic rings. The van der Waals surface area contributed by atoms with E-state index < -0.39 is 0 Å². The second kappa shape index (κ2) is 9.15. The molecule has 0 aliphatic rings. The van der Waals surface area contributed by atoms with Gasteiger partial charge >= 0.3 is 0 Å². The van der Waals surface area contributed by atoms with Gasteiger partial charge in [0.2, 0.25) is 0 Å². The molecule has 0 aliphatic carbocycles.